The fraction of sp³-hybridized carbons (Fsp3) is 0.771. The molecule has 2 fully saturated rings. The van der Waals surface area contributed by atoms with Crippen molar-refractivity contribution in [2.75, 3.05) is 125 Å². The van der Waals surface area contributed by atoms with Crippen LogP contribution in [0.2, 0.25) is 0 Å². The second kappa shape index (κ2) is 110. The second-order valence-corrected chi connectivity index (χ2v) is 36.5. The van der Waals surface area contributed by atoms with Gasteiger partial charge in [-0.1, -0.05) is 0 Å². The number of carboxylic acid groups (broad SMARTS) is 16. The number of carbonyl (C=O) groups excluding carboxylic acids is 16. The van der Waals surface area contributed by atoms with Gasteiger partial charge in [-0.25, -0.2) is 0 Å². The topological polar surface area (TPSA) is 744 Å². The van der Waals surface area contributed by atoms with Crippen molar-refractivity contribution in [1.82, 2.24) is 0 Å². The van der Waals surface area contributed by atoms with Crippen molar-refractivity contribution in [1.29, 1.82) is 0 Å². The van der Waals surface area contributed by atoms with Crippen LogP contribution in [0.1, 0.15) is 103 Å². The summed E-state index contributed by atoms with van der Waals surface area (Å²) in [5, 5.41) is 174. The third kappa shape index (κ3) is 87.4. The number of carbonyl (C=O) groups is 16. The van der Waals surface area contributed by atoms with Crippen molar-refractivity contribution < 1.29 is 683 Å². The van der Waals surface area contributed by atoms with Gasteiger partial charge in [0.25, 0.3) is 0 Å². The Balaban J connectivity index is -0.000000716. The van der Waals surface area contributed by atoms with Gasteiger partial charge in [0, 0.05) is 193 Å². The van der Waals surface area contributed by atoms with E-state index < -0.39 is 276 Å². The number of rotatable bonds is 78. The van der Waals surface area contributed by atoms with Crippen LogP contribution in [0.4, 0.5) is 0 Å². The maximum absolute atomic E-state index is 12.0. The summed E-state index contributed by atoms with van der Waals surface area (Å²) in [5.41, 5.74) is 0. The van der Waals surface area contributed by atoms with E-state index in [0.717, 1.165) is 0 Å². The number of hydrogen-bond acceptors (Lipinski definition) is 51. The molecule has 2 aliphatic heterocycles. The maximum atomic E-state index is 12.0. The van der Waals surface area contributed by atoms with Gasteiger partial charge >= 0.3 is 473 Å². The molecule has 67 heteroatoms. The molecule has 0 bridgehead atoms. The SMILES string of the molecule is O=C([O-])CC(SCCCOCC1OC(OCCCSC(CC(=O)[O-])C(=O)[O-])C(OCCCSC(CC(=O)[O-])C(=O)[O-])C(OCCCSC(CC(=O)[O-])C(=O)[O-])C1COCC1OC(COCCCSC(CC(=O)[O-])C(=O)[O-])C(OCCCSC(CC(=O)[O-])C(=O)[O-])C(OCCCSC(CC(=O)[O-])C(=O)[O-])C1OCCCSC(CC(=O)[O-])C(=O)[O-])C(=O)[O-].[Na+].[Na+].[Na+].[Na+].[Na+].[Na+].[Na+].[Na+].[Na+].[Na+].[Na+].[Na+].[Na+].[Na+].[Na+].[Na+]. The van der Waals surface area contributed by atoms with Gasteiger partial charge in [-0.3, -0.25) is 0 Å². The van der Waals surface area contributed by atoms with Gasteiger partial charge in [0.05, 0.1) is 93.0 Å². The molecule has 0 saturated carbocycles. The first kappa shape index (κ1) is 180. The van der Waals surface area contributed by atoms with Crippen LogP contribution < -0.4 is 555 Å². The molecule has 43 nitrogen and oxygen atoms in total. The number of thioether (sulfide) groups is 8. The van der Waals surface area contributed by atoms with Crippen molar-refractivity contribution in [3.63, 3.8) is 0 Å². The molecule has 2 aliphatic rings. The van der Waals surface area contributed by atoms with E-state index in [2.05, 4.69) is 0 Å². The van der Waals surface area contributed by atoms with Crippen LogP contribution in [0.3, 0.4) is 0 Å². The monoisotopic (exact) mass is 2240 g/mol. The average molecular weight is 2240 g/mol. The summed E-state index contributed by atoms with van der Waals surface area (Å²) in [7, 11) is 0. The Bertz CT molecular complexity index is 3310. The molecule has 0 aromatic carbocycles. The zero-order valence-electron chi connectivity index (χ0n) is 80.7. The summed E-state index contributed by atoms with van der Waals surface area (Å²) in [5.74, 6) is -29.8. The van der Waals surface area contributed by atoms with E-state index in [1.165, 1.54) is 0 Å². The smallest absolute Gasteiger partial charge is 0.550 e. The van der Waals surface area contributed by atoms with Crippen LogP contribution in [0.25, 0.3) is 0 Å². The molecular weight excluding hydrogens is 2150 g/mol. The van der Waals surface area contributed by atoms with E-state index in [9.17, 15) is 158 Å². The first-order chi connectivity index (χ1) is 57.3. The Morgan fingerprint density at radius 1 is 0.204 bits per heavy atom. The summed E-state index contributed by atoms with van der Waals surface area (Å²) >= 11 is 5.21. The van der Waals surface area contributed by atoms with Gasteiger partial charge in [-0.2, -0.15) is 94.1 Å². The van der Waals surface area contributed by atoms with E-state index in [4.69, 9.17) is 52.1 Å². The van der Waals surface area contributed by atoms with Crippen molar-refractivity contribution in [2.45, 2.75) is 200 Å². The summed E-state index contributed by atoms with van der Waals surface area (Å²) in [6.45, 7) is -4.88. The van der Waals surface area contributed by atoms with E-state index in [0.29, 0.717) is 94.1 Å². The van der Waals surface area contributed by atoms with Gasteiger partial charge < -0.3 is 211 Å². The molecule has 0 amide bonds. The zero-order chi connectivity index (χ0) is 90.5. The van der Waals surface area contributed by atoms with Gasteiger partial charge in [-0.05, 0) is 97.4 Å². The quantitative estimate of drug-likeness (QED) is 0.0403. The van der Waals surface area contributed by atoms with Crippen LogP contribution in [-0.4, -0.2) is 318 Å². The fourth-order valence-electron chi connectivity index (χ4n) is 11.1. The molecule has 2 saturated heterocycles. The standard InChI is InChI=1S/C70H106O43S8.16Na/c71-49(72)25-41(62(87)88)114-17-1-9-103-34-38-37(57(106-11-3-19-116-43(64(91)92)27-51(75)76)61(110-15-7-23-120-47(68(99)100)31-55(83)84)70(113-38)111-16-8-24-121-48(69(101)102)32-56(85)86)33-105-36-40-59(108-13-5-21-118-45(66(95)96)29-53(79)80)60(109-14-6-22-119-46(67(97)98)30-54(81)82)58(107-12-4-20-117-44(65(93)94)28-52(77)78)39(112-40)35-104-10-2-18-115-42(63(89)90)26-50(73)74;;;;;;;;;;;;;;;;/h37-48,57-61,70H,1-36H2,(H,71,72)(H,73,74)(H,75,76)(H,77,78)(H,79,80)(H,81,82)(H,83,84)(H,85,86)(H,87,88)(H,89,90)(H,91,92)(H,93,94)(H,95,96)(H,97,98)(H,99,100)(H,101,102);;;;;;;;;;;;;;;;/q;16*+1/p-16. The molecule has 0 aromatic rings. The molecule has 0 aliphatic carbocycles. The Hall–Kier alpha value is 9.88. The minimum Gasteiger partial charge on any atom is -0.550 e. The Morgan fingerprint density at radius 3 is 0.606 bits per heavy atom. The summed E-state index contributed by atoms with van der Waals surface area (Å²) in [6, 6.07) is 0. The van der Waals surface area contributed by atoms with Gasteiger partial charge in [0.15, 0.2) is 6.29 Å². The number of ether oxygens (including phenoxy) is 11. The summed E-state index contributed by atoms with van der Waals surface area (Å²) < 4.78 is 71.4. The van der Waals surface area contributed by atoms with E-state index in [1.54, 1.807) is 0 Å². The van der Waals surface area contributed by atoms with Crippen molar-refractivity contribution >= 4 is 190 Å². The van der Waals surface area contributed by atoms with Gasteiger partial charge in [-0.15, -0.1) is 0 Å². The van der Waals surface area contributed by atoms with Crippen LogP contribution >= 0.6 is 94.1 Å². The molecule has 0 aromatic heterocycles. The largest absolute Gasteiger partial charge is 1.00 e. The molecule has 137 heavy (non-hydrogen) atoms. The fourth-order valence-corrected chi connectivity index (χ4v) is 18.8. The Kier molecular flexibility index (Phi) is 144. The first-order valence-corrected chi connectivity index (χ1v) is 45.6. The van der Waals surface area contributed by atoms with Crippen molar-refractivity contribution in [3.8, 4) is 0 Å². The maximum Gasteiger partial charge on any atom is 1.00 e. The normalized spacial score (nSPS) is 18.6. The molecule has 692 valence electrons. The third-order valence-electron chi connectivity index (χ3n) is 16.6. The number of hydrogen-bond donors (Lipinski definition) is 0. The molecule has 18 unspecified atom stereocenters. The molecule has 0 spiro atoms. The van der Waals surface area contributed by atoms with E-state index >= 15 is 0 Å². The first-order valence-electron chi connectivity index (χ1n) is 37.3. The van der Waals surface area contributed by atoms with E-state index in [1.807, 2.05) is 0 Å². The minimum absolute atomic E-state index is 0. The molecular formula is C70H90Na16O43S8. The molecule has 2 heterocycles. The summed E-state index contributed by atoms with van der Waals surface area (Å²) in [6.07, 6.45) is -21.2. The van der Waals surface area contributed by atoms with Crippen LogP contribution in [0.5, 0.6) is 0 Å². The third-order valence-corrected chi connectivity index (χ3v) is 26.9. The molecule has 0 radical (unpaired) electrons. The second-order valence-electron chi connectivity index (χ2n) is 26.0. The molecule has 2 rings (SSSR count). The Morgan fingerprint density at radius 2 is 0.387 bits per heavy atom. The van der Waals surface area contributed by atoms with Crippen molar-refractivity contribution in [2.24, 2.45) is 5.92 Å². The molecule has 18 atom stereocenters. The number of carboxylic acids is 16. The molecule has 0 N–H and O–H groups in total. The van der Waals surface area contributed by atoms with Crippen LogP contribution in [0, 0.1) is 5.92 Å². The van der Waals surface area contributed by atoms with Gasteiger partial charge in [0.2, 0.25) is 0 Å². The van der Waals surface area contributed by atoms with E-state index in [-0.39, 0.29) is 623 Å². The minimum atomic E-state index is -1.76. The number of aliphatic carboxylic acids is 16. The van der Waals surface area contributed by atoms with Gasteiger partial charge in [0.1, 0.15) is 36.6 Å². The average Bonchev–Trinajstić information content (AvgIpc) is 0.790. The Labute approximate surface area is 1180 Å². The summed E-state index contributed by atoms with van der Waals surface area (Å²) in [4.78, 5) is 187. The van der Waals surface area contributed by atoms with Crippen LogP contribution in [-0.2, 0) is 129 Å². The van der Waals surface area contributed by atoms with Crippen LogP contribution in [0.15, 0.2) is 0 Å². The predicted molar refractivity (Wildman–Crippen MR) is 392 cm³/mol. The zero-order valence-corrected chi connectivity index (χ0v) is 119. The van der Waals surface area contributed by atoms with Crippen molar-refractivity contribution in [3.05, 3.63) is 0 Å². The predicted octanol–water partition coefficient (Wildman–Crippen LogP) is -65.8.